The van der Waals surface area contributed by atoms with Crippen LogP contribution in [0.2, 0.25) is 0 Å². The summed E-state index contributed by atoms with van der Waals surface area (Å²) in [5.74, 6) is 4.61. The predicted molar refractivity (Wildman–Crippen MR) is 86.0 cm³/mol. The fourth-order valence-electron chi connectivity index (χ4n) is 2.72. The Hall–Kier alpha value is -0.870. The van der Waals surface area contributed by atoms with Crippen molar-refractivity contribution >= 4 is 34.4 Å². The molecule has 3 rings (SSSR count). The Balaban J connectivity index is 2.13. The van der Waals surface area contributed by atoms with Gasteiger partial charge in [-0.1, -0.05) is 6.07 Å². The van der Waals surface area contributed by atoms with E-state index in [2.05, 4.69) is 10.6 Å². The summed E-state index contributed by atoms with van der Waals surface area (Å²) in [6, 6.07) is 6.65. The second-order valence-electron chi connectivity index (χ2n) is 5.34. The van der Waals surface area contributed by atoms with Crippen LogP contribution >= 0.6 is 23.4 Å². The molecule has 1 aliphatic heterocycles. The lowest BCUT2D eigenvalue weighted by molar-refractivity contribution is 0.245. The van der Waals surface area contributed by atoms with Crippen molar-refractivity contribution in [3.05, 3.63) is 24.0 Å². The maximum Gasteiger partial charge on any atom is 0.147 e. The van der Waals surface area contributed by atoms with Gasteiger partial charge < -0.3 is 9.30 Å². The number of benzene rings is 1. The van der Waals surface area contributed by atoms with E-state index in [1.165, 1.54) is 12.2 Å². The summed E-state index contributed by atoms with van der Waals surface area (Å²) in [4.78, 5) is 4.73. The monoisotopic (exact) mass is 310 g/mol. The summed E-state index contributed by atoms with van der Waals surface area (Å²) < 4.78 is 8.19. The molecule has 0 spiro atoms. The first kappa shape index (κ1) is 14.1. The first-order valence-electron chi connectivity index (χ1n) is 7.01. The Labute approximate surface area is 128 Å². The van der Waals surface area contributed by atoms with E-state index in [9.17, 15) is 0 Å². The third-order valence-electron chi connectivity index (χ3n) is 3.51. The average Bonchev–Trinajstić information content (AvgIpc) is 3.04. The lowest BCUT2D eigenvalue weighted by Gasteiger charge is -2.15. The van der Waals surface area contributed by atoms with Crippen LogP contribution in [0.4, 0.5) is 0 Å². The zero-order valence-electron chi connectivity index (χ0n) is 11.8. The maximum absolute atomic E-state index is 6.11. The first-order chi connectivity index (χ1) is 9.70. The van der Waals surface area contributed by atoms with Crippen LogP contribution in [0.3, 0.4) is 0 Å². The smallest absolute Gasteiger partial charge is 0.147 e. The largest absolute Gasteiger partial charge is 0.489 e. The van der Waals surface area contributed by atoms with Gasteiger partial charge in [-0.2, -0.15) is 11.8 Å². The molecule has 1 unspecified atom stereocenters. The number of aromatic nitrogens is 2. The van der Waals surface area contributed by atoms with Gasteiger partial charge in [0.25, 0.3) is 0 Å². The first-order valence-corrected chi connectivity index (χ1v) is 8.70. The lowest BCUT2D eigenvalue weighted by atomic mass is 10.2. The molecule has 2 aromatic rings. The van der Waals surface area contributed by atoms with Gasteiger partial charge >= 0.3 is 0 Å². The highest BCUT2D eigenvalue weighted by molar-refractivity contribution is 7.99. The zero-order valence-corrected chi connectivity index (χ0v) is 13.4. The lowest BCUT2D eigenvalue weighted by Crippen LogP contribution is -2.10. The molecule has 0 radical (unpaired) electrons. The molecule has 1 aliphatic rings. The molecule has 0 N–H and O–H groups in total. The van der Waals surface area contributed by atoms with Crippen molar-refractivity contribution in [1.82, 2.24) is 9.55 Å². The molecule has 2 heterocycles. The fraction of sp³-hybridized carbons (Fsp3) is 0.533. The molecular formula is C15H19ClN2OS. The molecule has 1 atom stereocenters. The van der Waals surface area contributed by atoms with Crippen molar-refractivity contribution in [2.24, 2.45) is 0 Å². The molecule has 0 amide bonds. The highest BCUT2D eigenvalue weighted by atomic mass is 35.5. The maximum atomic E-state index is 6.11. The van der Waals surface area contributed by atoms with Crippen molar-refractivity contribution in [3.8, 4) is 5.75 Å². The van der Waals surface area contributed by atoms with Crippen LogP contribution in [0.1, 0.15) is 32.1 Å². The van der Waals surface area contributed by atoms with E-state index < -0.39 is 0 Å². The van der Waals surface area contributed by atoms with Crippen LogP contribution in [-0.4, -0.2) is 27.2 Å². The normalized spacial score (nSPS) is 19.1. The van der Waals surface area contributed by atoms with Gasteiger partial charge in [-0.15, -0.1) is 11.6 Å². The number of para-hydroxylation sites is 1. The number of rotatable bonds is 4. The third kappa shape index (κ3) is 2.51. The molecule has 1 saturated heterocycles. The van der Waals surface area contributed by atoms with Crippen LogP contribution in [0, 0.1) is 0 Å². The average molecular weight is 311 g/mol. The van der Waals surface area contributed by atoms with E-state index >= 15 is 0 Å². The number of imidazole rings is 1. The molecule has 0 saturated carbocycles. The fourth-order valence-corrected chi connectivity index (χ4v) is 4.10. The summed E-state index contributed by atoms with van der Waals surface area (Å²) in [5.41, 5.74) is 2.08. The minimum atomic E-state index is 0.146. The van der Waals surface area contributed by atoms with Gasteiger partial charge in [0.2, 0.25) is 0 Å². The third-order valence-corrected chi connectivity index (χ3v) is 4.89. The Kier molecular flexibility index (Phi) is 4.13. The zero-order chi connectivity index (χ0) is 14.1. The van der Waals surface area contributed by atoms with E-state index in [-0.39, 0.29) is 6.10 Å². The molecular weight excluding hydrogens is 292 g/mol. The second kappa shape index (κ2) is 5.86. The Bertz CT molecular complexity index is 605. The summed E-state index contributed by atoms with van der Waals surface area (Å²) in [5, 5.41) is 0. The standard InChI is InChI=1S/C15H19ClN2OS/c1-10(2)19-13-5-3-4-12-15(13)17-14(8-16)18(12)11-6-7-20-9-11/h3-5,10-11H,6-9H2,1-2H3. The Morgan fingerprint density at radius 3 is 3.00 bits per heavy atom. The minimum Gasteiger partial charge on any atom is -0.489 e. The minimum absolute atomic E-state index is 0.146. The van der Waals surface area contributed by atoms with Gasteiger partial charge in [0.15, 0.2) is 0 Å². The summed E-state index contributed by atoms with van der Waals surface area (Å²) in [6.07, 6.45) is 1.34. The van der Waals surface area contributed by atoms with Gasteiger partial charge in [-0.25, -0.2) is 4.98 Å². The molecule has 1 aromatic carbocycles. The van der Waals surface area contributed by atoms with Crippen molar-refractivity contribution in [2.75, 3.05) is 11.5 Å². The van der Waals surface area contributed by atoms with E-state index in [1.54, 1.807) is 0 Å². The molecule has 0 bridgehead atoms. The number of hydrogen-bond acceptors (Lipinski definition) is 3. The molecule has 3 nitrogen and oxygen atoms in total. The SMILES string of the molecule is CC(C)Oc1cccc2c1nc(CCl)n2C1CCSC1. The van der Waals surface area contributed by atoms with Gasteiger partial charge in [-0.3, -0.25) is 0 Å². The Morgan fingerprint density at radius 2 is 2.35 bits per heavy atom. The molecule has 1 aromatic heterocycles. The van der Waals surface area contributed by atoms with Crippen molar-refractivity contribution in [3.63, 3.8) is 0 Å². The predicted octanol–water partition coefficient (Wildman–Crippen LogP) is 4.24. The number of hydrogen-bond donors (Lipinski definition) is 0. The Morgan fingerprint density at radius 1 is 1.50 bits per heavy atom. The van der Waals surface area contributed by atoms with Gasteiger partial charge in [-0.05, 0) is 38.2 Å². The highest BCUT2D eigenvalue weighted by Crippen LogP contribution is 2.35. The number of halogens is 1. The second-order valence-corrected chi connectivity index (χ2v) is 6.76. The quantitative estimate of drug-likeness (QED) is 0.790. The summed E-state index contributed by atoms with van der Waals surface area (Å²) in [7, 11) is 0. The summed E-state index contributed by atoms with van der Waals surface area (Å²) in [6.45, 7) is 4.07. The molecule has 0 aliphatic carbocycles. The van der Waals surface area contributed by atoms with Crippen LogP contribution in [0.5, 0.6) is 5.75 Å². The number of alkyl halides is 1. The molecule has 108 valence electrons. The van der Waals surface area contributed by atoms with E-state index in [0.29, 0.717) is 11.9 Å². The topological polar surface area (TPSA) is 27.1 Å². The number of ether oxygens (including phenoxy) is 1. The van der Waals surface area contributed by atoms with E-state index in [0.717, 1.165) is 28.4 Å². The van der Waals surface area contributed by atoms with Crippen molar-refractivity contribution in [1.29, 1.82) is 0 Å². The number of nitrogens with zero attached hydrogens (tertiary/aromatic N) is 2. The van der Waals surface area contributed by atoms with Gasteiger partial charge in [0.1, 0.15) is 17.1 Å². The number of thioether (sulfide) groups is 1. The van der Waals surface area contributed by atoms with Crippen LogP contribution < -0.4 is 4.74 Å². The molecule has 5 heteroatoms. The summed E-state index contributed by atoms with van der Waals surface area (Å²) >= 11 is 8.11. The van der Waals surface area contributed by atoms with E-state index in [1.807, 2.05) is 37.7 Å². The van der Waals surface area contributed by atoms with Gasteiger partial charge in [0, 0.05) is 11.8 Å². The molecule has 1 fully saturated rings. The van der Waals surface area contributed by atoms with Crippen LogP contribution in [0.25, 0.3) is 11.0 Å². The van der Waals surface area contributed by atoms with Crippen molar-refractivity contribution in [2.45, 2.75) is 38.3 Å². The van der Waals surface area contributed by atoms with Crippen molar-refractivity contribution < 1.29 is 4.74 Å². The molecule has 20 heavy (non-hydrogen) atoms. The van der Waals surface area contributed by atoms with Crippen LogP contribution in [-0.2, 0) is 5.88 Å². The van der Waals surface area contributed by atoms with E-state index in [4.69, 9.17) is 21.3 Å². The van der Waals surface area contributed by atoms with Gasteiger partial charge in [0.05, 0.1) is 17.5 Å². The highest BCUT2D eigenvalue weighted by Gasteiger charge is 2.23. The number of fused-ring (bicyclic) bond motifs is 1. The van der Waals surface area contributed by atoms with Crippen LogP contribution in [0.15, 0.2) is 18.2 Å².